The van der Waals surface area contributed by atoms with Gasteiger partial charge in [-0.05, 0) is 63.2 Å². The summed E-state index contributed by atoms with van der Waals surface area (Å²) in [6.07, 6.45) is 1.81. The third kappa shape index (κ3) is 5.09. The maximum atomic E-state index is 12.7. The first-order valence-corrected chi connectivity index (χ1v) is 8.85. The number of aliphatic imine (C=N–C) groups is 1. The highest BCUT2D eigenvalue weighted by molar-refractivity contribution is 8.18. The van der Waals surface area contributed by atoms with Crippen molar-refractivity contribution < 1.29 is 19.4 Å². The second-order valence-electron chi connectivity index (χ2n) is 6.14. The van der Waals surface area contributed by atoms with E-state index in [0.717, 1.165) is 10.7 Å². The van der Waals surface area contributed by atoms with Gasteiger partial charge in [-0.15, -0.1) is 0 Å². The Kier molecular flexibility index (Phi) is 6.25. The zero-order valence-electron chi connectivity index (χ0n) is 14.7. The van der Waals surface area contributed by atoms with Gasteiger partial charge >= 0.3 is 5.97 Å². The van der Waals surface area contributed by atoms with Crippen LogP contribution in [0.4, 0.5) is 0 Å². The number of amides is 1. The lowest BCUT2D eigenvalue weighted by Gasteiger charge is -2.20. The molecular formula is C18H22N2O4S. The number of hydrogen-bond acceptors (Lipinski definition) is 5. The fourth-order valence-electron chi connectivity index (χ4n) is 2.21. The Hall–Kier alpha value is -2.28. The van der Waals surface area contributed by atoms with Crippen molar-refractivity contribution in [3.05, 3.63) is 34.7 Å². The van der Waals surface area contributed by atoms with Crippen LogP contribution in [0.25, 0.3) is 6.08 Å². The summed E-state index contributed by atoms with van der Waals surface area (Å²) in [5.74, 6) is -0.601. The number of benzene rings is 1. The van der Waals surface area contributed by atoms with Crippen molar-refractivity contribution in [2.75, 3.05) is 6.61 Å². The minimum absolute atomic E-state index is 0.0372. The van der Waals surface area contributed by atoms with Crippen molar-refractivity contribution in [1.82, 2.24) is 4.90 Å². The molecule has 1 amide bonds. The van der Waals surface area contributed by atoms with Gasteiger partial charge in [0.2, 0.25) is 0 Å². The lowest BCUT2D eigenvalue weighted by molar-refractivity contribution is -0.139. The Balaban J connectivity index is 2.20. The van der Waals surface area contributed by atoms with Crippen LogP contribution in [-0.4, -0.2) is 45.7 Å². The lowest BCUT2D eigenvalue weighted by atomic mass is 10.2. The minimum atomic E-state index is -1.02. The highest BCUT2D eigenvalue weighted by atomic mass is 32.2. The molecular weight excluding hydrogens is 340 g/mol. The van der Waals surface area contributed by atoms with Gasteiger partial charge < -0.3 is 9.84 Å². The molecule has 1 saturated heterocycles. The summed E-state index contributed by atoms with van der Waals surface area (Å²) in [4.78, 5) is 30.0. The summed E-state index contributed by atoms with van der Waals surface area (Å²) >= 11 is 1.38. The normalized spacial score (nSPS) is 18.0. The van der Waals surface area contributed by atoms with Crippen LogP contribution >= 0.6 is 11.8 Å². The van der Waals surface area contributed by atoms with Crippen LogP contribution in [0, 0.1) is 0 Å². The number of aliphatic carboxylic acids is 1. The van der Waals surface area contributed by atoms with E-state index in [1.54, 1.807) is 29.2 Å². The molecule has 0 radical (unpaired) electrons. The van der Waals surface area contributed by atoms with Crippen molar-refractivity contribution >= 4 is 34.9 Å². The molecule has 0 unspecified atom stereocenters. The third-order valence-electron chi connectivity index (χ3n) is 3.26. The van der Waals surface area contributed by atoms with E-state index in [-0.39, 0.29) is 24.6 Å². The van der Waals surface area contributed by atoms with Gasteiger partial charge in [0.05, 0.1) is 4.91 Å². The fraction of sp³-hybridized carbons (Fsp3) is 0.389. The van der Waals surface area contributed by atoms with Gasteiger partial charge in [0.25, 0.3) is 5.91 Å². The van der Waals surface area contributed by atoms with Crippen LogP contribution in [0.3, 0.4) is 0 Å². The van der Waals surface area contributed by atoms with Crippen molar-refractivity contribution in [2.24, 2.45) is 4.99 Å². The van der Waals surface area contributed by atoms with Gasteiger partial charge in [-0.2, -0.15) is 0 Å². The molecule has 0 atom stereocenters. The maximum absolute atomic E-state index is 12.7. The van der Waals surface area contributed by atoms with Gasteiger partial charge in [0.15, 0.2) is 11.8 Å². The highest BCUT2D eigenvalue weighted by Crippen LogP contribution is 2.34. The van der Waals surface area contributed by atoms with Gasteiger partial charge in [-0.1, -0.05) is 12.1 Å². The number of carbonyl (C=O) groups is 2. The number of rotatable bonds is 6. The molecule has 1 N–H and O–H groups in total. The number of ether oxygens (including phenoxy) is 1. The highest BCUT2D eigenvalue weighted by Gasteiger charge is 2.35. The summed E-state index contributed by atoms with van der Waals surface area (Å²) in [7, 11) is 0. The van der Waals surface area contributed by atoms with Crippen LogP contribution in [-0.2, 0) is 9.59 Å². The Labute approximate surface area is 151 Å². The Morgan fingerprint density at radius 3 is 2.44 bits per heavy atom. The average molecular weight is 362 g/mol. The zero-order chi connectivity index (χ0) is 18.6. The molecule has 0 spiro atoms. The summed E-state index contributed by atoms with van der Waals surface area (Å²) in [5.41, 5.74) is 0.841. The van der Waals surface area contributed by atoms with Gasteiger partial charge in [0.1, 0.15) is 5.75 Å². The summed E-state index contributed by atoms with van der Waals surface area (Å²) in [5, 5.41) is 9.34. The van der Waals surface area contributed by atoms with Crippen molar-refractivity contribution in [3.63, 3.8) is 0 Å². The minimum Gasteiger partial charge on any atom is -0.482 e. The Bertz CT molecular complexity index is 708. The van der Waals surface area contributed by atoms with Gasteiger partial charge in [-0.3, -0.25) is 14.7 Å². The van der Waals surface area contributed by atoms with E-state index < -0.39 is 5.97 Å². The van der Waals surface area contributed by atoms with Crippen LogP contribution in [0.15, 0.2) is 34.2 Å². The lowest BCUT2D eigenvalue weighted by Crippen LogP contribution is -2.35. The topological polar surface area (TPSA) is 79.2 Å². The second-order valence-corrected chi connectivity index (χ2v) is 7.15. The van der Waals surface area contributed by atoms with Crippen LogP contribution in [0.2, 0.25) is 0 Å². The molecule has 7 heteroatoms. The Morgan fingerprint density at radius 2 is 1.92 bits per heavy atom. The largest absolute Gasteiger partial charge is 0.482 e. The quantitative estimate of drug-likeness (QED) is 0.786. The first-order chi connectivity index (χ1) is 11.8. The van der Waals surface area contributed by atoms with Crippen LogP contribution in [0.5, 0.6) is 5.75 Å². The molecule has 0 bridgehead atoms. The molecule has 25 heavy (non-hydrogen) atoms. The van der Waals surface area contributed by atoms with E-state index in [1.165, 1.54) is 11.8 Å². The molecule has 6 nitrogen and oxygen atoms in total. The monoisotopic (exact) mass is 362 g/mol. The molecule has 2 rings (SSSR count). The van der Waals surface area contributed by atoms with E-state index in [4.69, 9.17) is 9.84 Å². The summed E-state index contributed by atoms with van der Waals surface area (Å²) in [6, 6.07) is 7.09. The molecule has 1 aromatic carbocycles. The number of nitrogens with zero attached hydrogens (tertiary/aromatic N) is 2. The van der Waals surface area contributed by atoms with E-state index in [2.05, 4.69) is 4.99 Å². The van der Waals surface area contributed by atoms with E-state index >= 15 is 0 Å². The maximum Gasteiger partial charge on any atom is 0.341 e. The van der Waals surface area contributed by atoms with Gasteiger partial charge in [-0.25, -0.2) is 4.79 Å². The summed E-state index contributed by atoms with van der Waals surface area (Å²) < 4.78 is 5.10. The van der Waals surface area contributed by atoms with E-state index in [0.29, 0.717) is 10.7 Å². The summed E-state index contributed by atoms with van der Waals surface area (Å²) in [6.45, 7) is 7.51. The first kappa shape index (κ1) is 19.1. The predicted molar refractivity (Wildman–Crippen MR) is 99.7 cm³/mol. The fourth-order valence-corrected chi connectivity index (χ4v) is 3.44. The first-order valence-electron chi connectivity index (χ1n) is 8.03. The number of thioether (sulfide) groups is 1. The molecule has 1 aliphatic heterocycles. The second kappa shape index (κ2) is 8.20. The smallest absolute Gasteiger partial charge is 0.341 e. The molecule has 134 valence electrons. The number of carbonyl (C=O) groups excluding carboxylic acids is 1. The van der Waals surface area contributed by atoms with E-state index in [9.17, 15) is 9.59 Å². The molecule has 1 aromatic rings. The van der Waals surface area contributed by atoms with E-state index in [1.807, 2.05) is 33.8 Å². The molecule has 1 aliphatic rings. The molecule has 0 saturated carbocycles. The number of carboxylic acid groups (broad SMARTS) is 1. The standard InChI is InChI=1S/C18H22N2O4S/c1-11(2)19-18-20(12(3)4)17(23)15(25-18)9-13-5-7-14(8-6-13)24-10-16(21)22/h5-9,11-12H,10H2,1-4H3,(H,21,22)/b15-9+,19-18?. The molecule has 0 aliphatic carbocycles. The number of amidine groups is 1. The van der Waals surface area contributed by atoms with Gasteiger partial charge in [0, 0.05) is 12.1 Å². The SMILES string of the molecule is CC(C)N=C1S/C(=C/c2ccc(OCC(=O)O)cc2)C(=O)N1C(C)C. The van der Waals surface area contributed by atoms with Crippen LogP contribution < -0.4 is 4.74 Å². The average Bonchev–Trinajstić information content (AvgIpc) is 2.81. The molecule has 0 aromatic heterocycles. The van der Waals surface area contributed by atoms with Crippen molar-refractivity contribution in [3.8, 4) is 5.75 Å². The molecule has 1 heterocycles. The number of hydrogen-bond donors (Lipinski definition) is 1. The predicted octanol–water partition coefficient (Wildman–Crippen LogP) is 3.24. The zero-order valence-corrected chi connectivity index (χ0v) is 15.5. The van der Waals surface area contributed by atoms with Crippen molar-refractivity contribution in [1.29, 1.82) is 0 Å². The Morgan fingerprint density at radius 1 is 1.28 bits per heavy atom. The molecule has 1 fully saturated rings. The third-order valence-corrected chi connectivity index (χ3v) is 4.26. The number of carboxylic acids is 1. The van der Waals surface area contributed by atoms with Crippen LogP contribution in [0.1, 0.15) is 33.3 Å². The van der Waals surface area contributed by atoms with Crippen molar-refractivity contribution in [2.45, 2.75) is 39.8 Å².